The Morgan fingerprint density at radius 2 is 2.15 bits per heavy atom. The zero-order valence-electron chi connectivity index (χ0n) is 11.9. The second-order valence-electron chi connectivity index (χ2n) is 4.90. The van der Waals surface area contributed by atoms with Gasteiger partial charge in [0.2, 0.25) is 0 Å². The van der Waals surface area contributed by atoms with E-state index in [1.807, 2.05) is 32.0 Å². The fourth-order valence-electron chi connectivity index (χ4n) is 1.84. The van der Waals surface area contributed by atoms with E-state index < -0.39 is 0 Å². The zero-order chi connectivity index (χ0) is 14.7. The van der Waals surface area contributed by atoms with Gasteiger partial charge in [-0.1, -0.05) is 17.7 Å². The van der Waals surface area contributed by atoms with Crippen LogP contribution in [0, 0.1) is 13.8 Å². The van der Waals surface area contributed by atoms with E-state index in [1.165, 1.54) is 4.88 Å². The molecular formula is C15H19ClN2OS. The number of benzene rings is 1. The molecule has 2 N–H and O–H groups in total. The summed E-state index contributed by atoms with van der Waals surface area (Å²) in [5.41, 5.74) is 7.29. The molecule has 3 nitrogen and oxygen atoms in total. The molecule has 0 saturated carbocycles. The maximum atomic E-state index is 6.20. The monoisotopic (exact) mass is 310 g/mol. The SMILES string of the molecule is Cc1nc(CC(N)C(C)Oc2cccc(Cl)c2)sc1C. The normalized spacial score (nSPS) is 14.1. The van der Waals surface area contributed by atoms with Crippen LogP contribution in [0.2, 0.25) is 5.02 Å². The average molecular weight is 311 g/mol. The highest BCUT2D eigenvalue weighted by Gasteiger charge is 2.17. The largest absolute Gasteiger partial charge is 0.489 e. The average Bonchev–Trinajstić information content (AvgIpc) is 2.68. The van der Waals surface area contributed by atoms with Gasteiger partial charge in [0.25, 0.3) is 0 Å². The fourth-order valence-corrected chi connectivity index (χ4v) is 3.02. The Labute approximate surface area is 128 Å². The van der Waals surface area contributed by atoms with Crippen molar-refractivity contribution >= 4 is 22.9 Å². The van der Waals surface area contributed by atoms with Gasteiger partial charge in [-0.15, -0.1) is 11.3 Å². The van der Waals surface area contributed by atoms with Gasteiger partial charge in [-0.05, 0) is 39.0 Å². The fraction of sp³-hybridized carbons (Fsp3) is 0.400. The summed E-state index contributed by atoms with van der Waals surface area (Å²) in [7, 11) is 0. The van der Waals surface area contributed by atoms with Crippen LogP contribution in [-0.4, -0.2) is 17.1 Å². The van der Waals surface area contributed by atoms with Crippen molar-refractivity contribution in [2.24, 2.45) is 5.73 Å². The van der Waals surface area contributed by atoms with Crippen LogP contribution in [0.15, 0.2) is 24.3 Å². The van der Waals surface area contributed by atoms with Gasteiger partial charge in [-0.25, -0.2) is 4.98 Å². The number of thiazole rings is 1. The number of hydrogen-bond donors (Lipinski definition) is 1. The molecule has 0 aliphatic carbocycles. The summed E-state index contributed by atoms with van der Waals surface area (Å²) in [5.74, 6) is 0.743. The third kappa shape index (κ3) is 3.95. The molecule has 20 heavy (non-hydrogen) atoms. The Morgan fingerprint density at radius 1 is 1.40 bits per heavy atom. The van der Waals surface area contributed by atoms with Gasteiger partial charge in [0, 0.05) is 22.4 Å². The van der Waals surface area contributed by atoms with E-state index in [-0.39, 0.29) is 12.1 Å². The second-order valence-corrected chi connectivity index (χ2v) is 6.62. The standard InChI is InChI=1S/C15H19ClN2OS/c1-9-11(3)20-15(18-9)8-14(17)10(2)19-13-6-4-5-12(16)7-13/h4-7,10,14H,8,17H2,1-3H3. The van der Waals surface area contributed by atoms with Crippen molar-refractivity contribution in [1.29, 1.82) is 0 Å². The van der Waals surface area contributed by atoms with Crippen molar-refractivity contribution in [2.75, 3.05) is 0 Å². The van der Waals surface area contributed by atoms with E-state index in [2.05, 4.69) is 11.9 Å². The van der Waals surface area contributed by atoms with Crippen LogP contribution in [0.3, 0.4) is 0 Å². The zero-order valence-corrected chi connectivity index (χ0v) is 13.5. The molecule has 1 aromatic carbocycles. The van der Waals surface area contributed by atoms with Gasteiger partial charge < -0.3 is 10.5 Å². The molecule has 1 aromatic heterocycles. The van der Waals surface area contributed by atoms with E-state index in [4.69, 9.17) is 22.1 Å². The Hall–Kier alpha value is -1.10. The number of halogens is 1. The lowest BCUT2D eigenvalue weighted by atomic mass is 10.1. The molecular weight excluding hydrogens is 292 g/mol. The number of aromatic nitrogens is 1. The summed E-state index contributed by atoms with van der Waals surface area (Å²) in [6, 6.07) is 7.26. The van der Waals surface area contributed by atoms with E-state index in [0.29, 0.717) is 5.02 Å². The molecule has 5 heteroatoms. The van der Waals surface area contributed by atoms with Crippen LogP contribution in [0.5, 0.6) is 5.75 Å². The lowest BCUT2D eigenvalue weighted by Gasteiger charge is -2.20. The number of nitrogens with zero attached hydrogens (tertiary/aromatic N) is 1. The van der Waals surface area contributed by atoms with E-state index in [9.17, 15) is 0 Å². The van der Waals surface area contributed by atoms with Gasteiger partial charge in [0.15, 0.2) is 0 Å². The van der Waals surface area contributed by atoms with Crippen LogP contribution in [-0.2, 0) is 6.42 Å². The maximum absolute atomic E-state index is 6.20. The highest BCUT2D eigenvalue weighted by atomic mass is 35.5. The smallest absolute Gasteiger partial charge is 0.121 e. The van der Waals surface area contributed by atoms with Crippen molar-refractivity contribution in [3.63, 3.8) is 0 Å². The van der Waals surface area contributed by atoms with Crippen molar-refractivity contribution in [3.8, 4) is 5.75 Å². The van der Waals surface area contributed by atoms with Crippen LogP contribution >= 0.6 is 22.9 Å². The summed E-state index contributed by atoms with van der Waals surface area (Å²) in [6.07, 6.45) is 0.624. The molecule has 0 saturated heterocycles. The molecule has 0 amide bonds. The summed E-state index contributed by atoms with van der Waals surface area (Å²) in [6.45, 7) is 6.07. The highest BCUT2D eigenvalue weighted by Crippen LogP contribution is 2.21. The van der Waals surface area contributed by atoms with Gasteiger partial charge in [0.1, 0.15) is 11.9 Å². The number of aryl methyl sites for hydroxylation is 2. The van der Waals surface area contributed by atoms with Crippen LogP contribution < -0.4 is 10.5 Å². The molecule has 0 bridgehead atoms. The Kier molecular flexibility index (Phi) is 5.02. The van der Waals surface area contributed by atoms with Crippen molar-refractivity contribution in [1.82, 2.24) is 4.98 Å². The maximum Gasteiger partial charge on any atom is 0.121 e. The first-order valence-corrected chi connectivity index (χ1v) is 7.76. The molecule has 2 aromatic rings. The molecule has 0 aliphatic heterocycles. The summed E-state index contributed by atoms with van der Waals surface area (Å²) < 4.78 is 5.83. The van der Waals surface area contributed by atoms with E-state index >= 15 is 0 Å². The third-order valence-electron chi connectivity index (χ3n) is 3.20. The molecule has 2 atom stereocenters. The molecule has 0 spiro atoms. The number of hydrogen-bond acceptors (Lipinski definition) is 4. The van der Waals surface area contributed by atoms with Gasteiger partial charge in [-0.2, -0.15) is 0 Å². The lowest BCUT2D eigenvalue weighted by molar-refractivity contribution is 0.189. The molecule has 108 valence electrons. The molecule has 0 radical (unpaired) electrons. The highest BCUT2D eigenvalue weighted by molar-refractivity contribution is 7.11. The van der Waals surface area contributed by atoms with E-state index in [0.717, 1.165) is 22.9 Å². The molecule has 1 heterocycles. The number of rotatable bonds is 5. The third-order valence-corrected chi connectivity index (χ3v) is 4.53. The van der Waals surface area contributed by atoms with Crippen LogP contribution in [0.4, 0.5) is 0 Å². The van der Waals surface area contributed by atoms with Gasteiger partial charge in [0.05, 0.1) is 10.7 Å². The van der Waals surface area contributed by atoms with Gasteiger partial charge in [-0.3, -0.25) is 0 Å². The first-order chi connectivity index (χ1) is 9.45. The quantitative estimate of drug-likeness (QED) is 0.915. The lowest BCUT2D eigenvalue weighted by Crippen LogP contribution is -2.38. The minimum atomic E-state index is -0.0991. The Bertz CT molecular complexity index is 566. The topological polar surface area (TPSA) is 48.1 Å². The molecule has 0 fully saturated rings. The number of nitrogens with two attached hydrogens (primary N) is 1. The van der Waals surface area contributed by atoms with Crippen molar-refractivity contribution in [2.45, 2.75) is 39.3 Å². The molecule has 2 unspecified atom stereocenters. The van der Waals surface area contributed by atoms with Crippen LogP contribution in [0.1, 0.15) is 22.5 Å². The predicted octanol–water partition coefficient (Wildman–Crippen LogP) is 3.75. The summed E-state index contributed by atoms with van der Waals surface area (Å²) in [4.78, 5) is 5.76. The predicted molar refractivity (Wildman–Crippen MR) is 84.8 cm³/mol. The second kappa shape index (κ2) is 6.57. The Morgan fingerprint density at radius 3 is 2.75 bits per heavy atom. The summed E-state index contributed by atoms with van der Waals surface area (Å²) in [5, 5.41) is 1.73. The Balaban J connectivity index is 1.96. The van der Waals surface area contributed by atoms with Gasteiger partial charge >= 0.3 is 0 Å². The minimum Gasteiger partial charge on any atom is -0.489 e. The summed E-state index contributed by atoms with van der Waals surface area (Å²) >= 11 is 7.64. The first kappa shape index (κ1) is 15.3. The van der Waals surface area contributed by atoms with Crippen molar-refractivity contribution < 1.29 is 4.74 Å². The molecule has 2 rings (SSSR count). The molecule has 0 aliphatic rings. The van der Waals surface area contributed by atoms with Crippen molar-refractivity contribution in [3.05, 3.63) is 44.9 Å². The first-order valence-electron chi connectivity index (χ1n) is 6.56. The number of ether oxygens (including phenoxy) is 1. The van der Waals surface area contributed by atoms with E-state index in [1.54, 1.807) is 17.4 Å². The minimum absolute atomic E-state index is 0.0982. The van der Waals surface area contributed by atoms with Crippen LogP contribution in [0.25, 0.3) is 0 Å².